The van der Waals surface area contributed by atoms with Gasteiger partial charge >= 0.3 is 0 Å². The Hall–Kier alpha value is -5.14. The molecule has 6 nitrogen and oxygen atoms in total. The smallest absolute Gasteiger partial charge is 0.272 e. The third kappa shape index (κ3) is 7.50. The first-order valence-electron chi connectivity index (χ1n) is 12.9. The average Bonchev–Trinajstić information content (AvgIpc) is 3.54. The molecular formula is C34H26N2O4S. The number of anilines is 1. The van der Waals surface area contributed by atoms with E-state index in [1.54, 1.807) is 48.5 Å². The third-order valence-corrected chi connectivity index (χ3v) is 7.17. The lowest BCUT2D eigenvalue weighted by Crippen LogP contribution is -2.30. The number of carbonyl (C=O) groups is 3. The van der Waals surface area contributed by atoms with Crippen LogP contribution in [-0.2, 0) is 4.79 Å². The van der Waals surface area contributed by atoms with Crippen molar-refractivity contribution in [3.05, 3.63) is 150 Å². The number of hydrogen-bond donors (Lipinski definition) is 2. The van der Waals surface area contributed by atoms with Gasteiger partial charge in [-0.25, -0.2) is 0 Å². The maximum Gasteiger partial charge on any atom is 0.272 e. The highest BCUT2D eigenvalue weighted by molar-refractivity contribution is 8.00. The highest BCUT2D eigenvalue weighted by Gasteiger charge is 2.16. The molecule has 0 fully saturated rings. The first kappa shape index (κ1) is 27.4. The molecule has 0 saturated carbocycles. The number of ketones is 1. The molecule has 41 heavy (non-hydrogen) atoms. The summed E-state index contributed by atoms with van der Waals surface area (Å²) in [5.74, 6) is -0.161. The van der Waals surface area contributed by atoms with E-state index in [9.17, 15) is 14.4 Å². The van der Waals surface area contributed by atoms with Crippen LogP contribution in [0, 0.1) is 0 Å². The molecule has 0 unspecified atom stereocenters. The van der Waals surface area contributed by atoms with Crippen LogP contribution in [0.5, 0.6) is 0 Å². The van der Waals surface area contributed by atoms with Gasteiger partial charge < -0.3 is 15.1 Å². The van der Waals surface area contributed by atoms with Crippen LogP contribution in [0.2, 0.25) is 0 Å². The molecule has 1 heterocycles. The summed E-state index contributed by atoms with van der Waals surface area (Å²) in [6, 6.07) is 36.9. The second-order valence-electron chi connectivity index (χ2n) is 9.03. The van der Waals surface area contributed by atoms with Crippen LogP contribution in [0.25, 0.3) is 17.2 Å². The second-order valence-corrected chi connectivity index (χ2v) is 10.1. The molecule has 0 spiro atoms. The summed E-state index contributed by atoms with van der Waals surface area (Å²) in [5.41, 5.74) is 3.84. The van der Waals surface area contributed by atoms with E-state index in [1.165, 1.54) is 24.1 Å². The molecule has 4 aromatic carbocycles. The van der Waals surface area contributed by atoms with E-state index in [0.717, 1.165) is 16.0 Å². The van der Waals surface area contributed by atoms with Crippen LogP contribution in [0.3, 0.4) is 0 Å². The van der Waals surface area contributed by atoms with Gasteiger partial charge in [0, 0.05) is 27.8 Å². The maximum absolute atomic E-state index is 13.1. The highest BCUT2D eigenvalue weighted by atomic mass is 32.2. The molecule has 1 aromatic heterocycles. The van der Waals surface area contributed by atoms with Gasteiger partial charge in [0.1, 0.15) is 11.5 Å². The van der Waals surface area contributed by atoms with Crippen molar-refractivity contribution in [2.45, 2.75) is 4.90 Å². The topological polar surface area (TPSA) is 88.4 Å². The predicted octanol–water partition coefficient (Wildman–Crippen LogP) is 7.33. The van der Waals surface area contributed by atoms with Crippen molar-refractivity contribution < 1.29 is 18.8 Å². The molecule has 0 saturated heterocycles. The molecule has 5 aromatic rings. The zero-order valence-electron chi connectivity index (χ0n) is 22.0. The lowest BCUT2D eigenvalue weighted by Gasteiger charge is -2.11. The summed E-state index contributed by atoms with van der Waals surface area (Å²) < 4.78 is 5.33. The largest absolute Gasteiger partial charge is 0.465 e. The Kier molecular flexibility index (Phi) is 8.88. The SMILES string of the molecule is O=C(Nc1ccc(SCC(=O)c2ccc(-c3ccccc3)cc2)cc1)/C(=C/c1ccco1)NC(=O)c1ccccc1. The number of furan rings is 1. The van der Waals surface area contributed by atoms with Crippen molar-refractivity contribution >= 4 is 41.1 Å². The fourth-order valence-electron chi connectivity index (χ4n) is 4.00. The molecule has 202 valence electrons. The first-order chi connectivity index (χ1) is 20.0. The fraction of sp³-hybridized carbons (Fsp3) is 0.0294. The number of nitrogens with one attached hydrogen (secondary N) is 2. The fourth-order valence-corrected chi connectivity index (χ4v) is 4.80. The molecule has 0 atom stereocenters. The number of benzene rings is 4. The van der Waals surface area contributed by atoms with E-state index in [4.69, 9.17) is 4.42 Å². The van der Waals surface area contributed by atoms with E-state index >= 15 is 0 Å². The van der Waals surface area contributed by atoms with Gasteiger partial charge in [0.2, 0.25) is 0 Å². The summed E-state index contributed by atoms with van der Waals surface area (Å²) in [5, 5.41) is 5.48. The summed E-state index contributed by atoms with van der Waals surface area (Å²) in [6.07, 6.45) is 2.96. The van der Waals surface area contributed by atoms with Crippen LogP contribution in [-0.4, -0.2) is 23.4 Å². The zero-order valence-corrected chi connectivity index (χ0v) is 22.8. The minimum Gasteiger partial charge on any atom is -0.465 e. The molecule has 2 N–H and O–H groups in total. The normalized spacial score (nSPS) is 11.1. The zero-order chi connectivity index (χ0) is 28.4. The lowest BCUT2D eigenvalue weighted by atomic mass is 10.0. The Morgan fingerprint density at radius 2 is 1.34 bits per heavy atom. The minimum atomic E-state index is -0.500. The van der Waals surface area contributed by atoms with Crippen LogP contribution in [0.4, 0.5) is 5.69 Å². The molecule has 0 aliphatic heterocycles. The van der Waals surface area contributed by atoms with Crippen molar-refractivity contribution in [2.75, 3.05) is 11.1 Å². The van der Waals surface area contributed by atoms with E-state index < -0.39 is 11.8 Å². The predicted molar refractivity (Wildman–Crippen MR) is 163 cm³/mol. The Bertz CT molecular complexity index is 1650. The van der Waals surface area contributed by atoms with Gasteiger partial charge in [-0.05, 0) is 59.7 Å². The Morgan fingerprint density at radius 3 is 2.00 bits per heavy atom. The Labute approximate surface area is 242 Å². The van der Waals surface area contributed by atoms with E-state index in [-0.39, 0.29) is 17.2 Å². The van der Waals surface area contributed by atoms with Gasteiger partial charge in [0.05, 0.1) is 12.0 Å². The number of thioether (sulfide) groups is 1. The van der Waals surface area contributed by atoms with E-state index in [2.05, 4.69) is 10.6 Å². The number of carbonyl (C=O) groups excluding carboxylic acids is 3. The van der Waals surface area contributed by atoms with Gasteiger partial charge in [-0.1, -0.05) is 72.8 Å². The lowest BCUT2D eigenvalue weighted by molar-refractivity contribution is -0.113. The maximum atomic E-state index is 13.1. The summed E-state index contributed by atoms with van der Waals surface area (Å²) in [4.78, 5) is 39.4. The third-order valence-electron chi connectivity index (χ3n) is 6.15. The Morgan fingerprint density at radius 1 is 0.683 bits per heavy atom. The molecule has 2 amide bonds. The molecule has 0 bridgehead atoms. The molecule has 0 aliphatic rings. The van der Waals surface area contributed by atoms with Crippen LogP contribution in [0.1, 0.15) is 26.5 Å². The second kappa shape index (κ2) is 13.3. The summed E-state index contributed by atoms with van der Waals surface area (Å²) in [6.45, 7) is 0. The van der Waals surface area contributed by atoms with Crippen LogP contribution in [0.15, 0.2) is 143 Å². The summed E-state index contributed by atoms with van der Waals surface area (Å²) >= 11 is 1.42. The van der Waals surface area contributed by atoms with Gasteiger partial charge in [-0.2, -0.15) is 0 Å². The quantitative estimate of drug-likeness (QED) is 0.106. The minimum absolute atomic E-state index is 0.0360. The number of hydrogen-bond acceptors (Lipinski definition) is 5. The van der Waals surface area contributed by atoms with Crippen molar-refractivity contribution in [1.82, 2.24) is 5.32 Å². The van der Waals surface area contributed by atoms with Crippen molar-refractivity contribution in [3.8, 4) is 11.1 Å². The molecule has 7 heteroatoms. The van der Waals surface area contributed by atoms with E-state index in [1.807, 2.05) is 72.8 Å². The van der Waals surface area contributed by atoms with Crippen LogP contribution < -0.4 is 10.6 Å². The van der Waals surface area contributed by atoms with Crippen molar-refractivity contribution in [2.24, 2.45) is 0 Å². The first-order valence-corrected chi connectivity index (χ1v) is 13.9. The van der Waals surface area contributed by atoms with E-state index in [0.29, 0.717) is 22.6 Å². The molecule has 0 radical (unpaired) electrons. The van der Waals surface area contributed by atoms with Crippen molar-refractivity contribution in [1.29, 1.82) is 0 Å². The average molecular weight is 559 g/mol. The van der Waals surface area contributed by atoms with Gasteiger partial charge in [0.25, 0.3) is 11.8 Å². The number of rotatable bonds is 10. The molecule has 5 rings (SSSR count). The van der Waals surface area contributed by atoms with Crippen molar-refractivity contribution in [3.63, 3.8) is 0 Å². The highest BCUT2D eigenvalue weighted by Crippen LogP contribution is 2.24. The van der Waals surface area contributed by atoms with Gasteiger partial charge in [0.15, 0.2) is 5.78 Å². The standard InChI is InChI=1S/C34H26N2O4S/c37-32(26-15-13-25(14-16-26)24-8-3-1-4-9-24)23-41-30-19-17-28(18-20-30)35-34(39)31(22-29-12-7-21-40-29)36-33(38)27-10-5-2-6-11-27/h1-22H,23H2,(H,35,39)(H,36,38)/b31-22-. The number of amides is 2. The number of Topliss-reactive ketones (excluding diaryl/α,β-unsaturated/α-hetero) is 1. The molecular weight excluding hydrogens is 532 g/mol. The van der Waals surface area contributed by atoms with Gasteiger partial charge in [-0.3, -0.25) is 14.4 Å². The van der Waals surface area contributed by atoms with Gasteiger partial charge in [-0.15, -0.1) is 11.8 Å². The molecule has 0 aliphatic carbocycles. The summed E-state index contributed by atoms with van der Waals surface area (Å²) in [7, 11) is 0. The monoisotopic (exact) mass is 558 g/mol. The van der Waals surface area contributed by atoms with Crippen LogP contribution >= 0.6 is 11.8 Å². The Balaban J connectivity index is 1.19.